The molecular weight excluding hydrogens is 287 g/mol. The average Bonchev–Trinajstić information content (AvgIpc) is 2.87. The molecule has 2 rings (SSSR count). The number of rotatable bonds is 3. The second-order valence-electron chi connectivity index (χ2n) is 4.92. The molecular formula is C14H14F3NO3. The van der Waals surface area contributed by atoms with Crippen molar-refractivity contribution in [2.24, 2.45) is 0 Å². The summed E-state index contributed by atoms with van der Waals surface area (Å²) in [5, 5.41) is 9.01. The fourth-order valence-corrected chi connectivity index (χ4v) is 2.54. The van der Waals surface area contributed by atoms with Crippen molar-refractivity contribution < 1.29 is 27.9 Å². The molecule has 0 bridgehead atoms. The van der Waals surface area contributed by atoms with Crippen LogP contribution in [0.4, 0.5) is 13.2 Å². The van der Waals surface area contributed by atoms with Crippen LogP contribution in [-0.2, 0) is 22.2 Å². The highest BCUT2D eigenvalue weighted by Crippen LogP contribution is 2.32. The quantitative estimate of drug-likeness (QED) is 0.932. The molecule has 1 fully saturated rings. The number of likely N-dealkylation sites (tertiary alicyclic amines) is 1. The highest BCUT2D eigenvalue weighted by atomic mass is 19.4. The van der Waals surface area contributed by atoms with Crippen molar-refractivity contribution in [2.45, 2.75) is 31.5 Å². The molecule has 1 aromatic carbocycles. The monoisotopic (exact) mass is 301 g/mol. The van der Waals surface area contributed by atoms with Crippen LogP contribution >= 0.6 is 0 Å². The molecule has 1 aliphatic heterocycles. The second-order valence-corrected chi connectivity index (χ2v) is 4.92. The van der Waals surface area contributed by atoms with Gasteiger partial charge in [-0.05, 0) is 24.5 Å². The van der Waals surface area contributed by atoms with E-state index in [-0.39, 0.29) is 12.1 Å². The maximum absolute atomic E-state index is 12.9. The summed E-state index contributed by atoms with van der Waals surface area (Å²) in [6.07, 6.45) is -4.10. The molecule has 0 radical (unpaired) electrons. The van der Waals surface area contributed by atoms with E-state index in [2.05, 4.69) is 0 Å². The number of hydrogen-bond acceptors (Lipinski definition) is 2. The van der Waals surface area contributed by atoms with E-state index in [1.165, 1.54) is 18.2 Å². The minimum Gasteiger partial charge on any atom is -0.480 e. The van der Waals surface area contributed by atoms with Gasteiger partial charge < -0.3 is 10.0 Å². The maximum atomic E-state index is 12.9. The number of carboxylic acids is 1. The standard InChI is InChI=1S/C14H14F3NO3/c15-14(16,17)10-5-2-1-4-9(10)8-12(19)18-7-3-6-11(18)13(20)21/h1-2,4-5,11H,3,6-8H2,(H,20,21). The normalized spacial score (nSPS) is 18.8. The van der Waals surface area contributed by atoms with E-state index in [9.17, 15) is 22.8 Å². The molecule has 1 heterocycles. The van der Waals surface area contributed by atoms with Gasteiger partial charge in [0.1, 0.15) is 6.04 Å². The van der Waals surface area contributed by atoms with Crippen molar-refractivity contribution in [3.63, 3.8) is 0 Å². The number of amides is 1. The molecule has 0 aromatic heterocycles. The van der Waals surface area contributed by atoms with Gasteiger partial charge in [0.25, 0.3) is 0 Å². The summed E-state index contributed by atoms with van der Waals surface area (Å²) in [4.78, 5) is 24.3. The Kier molecular flexibility index (Phi) is 4.20. The Morgan fingerprint density at radius 1 is 1.29 bits per heavy atom. The fourth-order valence-electron chi connectivity index (χ4n) is 2.54. The summed E-state index contributed by atoms with van der Waals surface area (Å²) in [6, 6.07) is 3.91. The Hall–Kier alpha value is -2.05. The predicted molar refractivity (Wildman–Crippen MR) is 67.5 cm³/mol. The van der Waals surface area contributed by atoms with Crippen LogP contribution in [0, 0.1) is 0 Å². The number of carboxylic acid groups (broad SMARTS) is 1. The number of nitrogens with zero attached hydrogens (tertiary/aromatic N) is 1. The number of aliphatic carboxylic acids is 1. The molecule has 21 heavy (non-hydrogen) atoms. The van der Waals surface area contributed by atoms with Crippen molar-refractivity contribution >= 4 is 11.9 Å². The number of carbonyl (C=O) groups excluding carboxylic acids is 1. The van der Waals surface area contributed by atoms with Gasteiger partial charge in [-0.25, -0.2) is 4.79 Å². The molecule has 1 saturated heterocycles. The smallest absolute Gasteiger partial charge is 0.416 e. The lowest BCUT2D eigenvalue weighted by molar-refractivity contribution is -0.148. The largest absolute Gasteiger partial charge is 0.480 e. The van der Waals surface area contributed by atoms with Gasteiger partial charge in [-0.2, -0.15) is 13.2 Å². The van der Waals surface area contributed by atoms with Crippen molar-refractivity contribution in [2.75, 3.05) is 6.54 Å². The molecule has 1 aromatic rings. The Bertz CT molecular complexity index is 557. The molecule has 1 aliphatic rings. The molecule has 1 amide bonds. The van der Waals surface area contributed by atoms with Crippen LogP contribution in [0.1, 0.15) is 24.0 Å². The van der Waals surface area contributed by atoms with Gasteiger partial charge in [0, 0.05) is 6.54 Å². The molecule has 0 saturated carbocycles. The Morgan fingerprint density at radius 2 is 1.95 bits per heavy atom. The number of benzene rings is 1. The molecule has 1 atom stereocenters. The third-order valence-corrected chi connectivity index (χ3v) is 3.52. The molecule has 4 nitrogen and oxygen atoms in total. The van der Waals surface area contributed by atoms with Crippen LogP contribution in [0.25, 0.3) is 0 Å². The number of carbonyl (C=O) groups is 2. The summed E-state index contributed by atoms with van der Waals surface area (Å²) >= 11 is 0. The summed E-state index contributed by atoms with van der Waals surface area (Å²) in [6.45, 7) is 0.268. The molecule has 1 unspecified atom stereocenters. The zero-order valence-electron chi connectivity index (χ0n) is 11.1. The Labute approximate surface area is 119 Å². The minimum atomic E-state index is -4.53. The third-order valence-electron chi connectivity index (χ3n) is 3.52. The number of alkyl halides is 3. The van der Waals surface area contributed by atoms with Crippen LogP contribution in [0.3, 0.4) is 0 Å². The van der Waals surface area contributed by atoms with Crippen LogP contribution in [0.5, 0.6) is 0 Å². The van der Waals surface area contributed by atoms with Crippen molar-refractivity contribution in [1.29, 1.82) is 0 Å². The second kappa shape index (κ2) is 5.75. The first-order valence-corrected chi connectivity index (χ1v) is 6.48. The van der Waals surface area contributed by atoms with Crippen molar-refractivity contribution in [3.8, 4) is 0 Å². The topological polar surface area (TPSA) is 57.6 Å². The number of hydrogen-bond donors (Lipinski definition) is 1. The first-order valence-electron chi connectivity index (χ1n) is 6.48. The van der Waals surface area contributed by atoms with E-state index < -0.39 is 36.1 Å². The SMILES string of the molecule is O=C(O)C1CCCN1C(=O)Cc1ccccc1C(F)(F)F. The summed E-state index contributed by atoms with van der Waals surface area (Å²) in [7, 11) is 0. The summed E-state index contributed by atoms with van der Waals surface area (Å²) in [5.74, 6) is -1.71. The highest BCUT2D eigenvalue weighted by Gasteiger charge is 2.36. The maximum Gasteiger partial charge on any atom is 0.416 e. The molecule has 0 aliphatic carbocycles. The summed E-state index contributed by atoms with van der Waals surface area (Å²) < 4.78 is 38.6. The van der Waals surface area contributed by atoms with Crippen LogP contribution in [0.15, 0.2) is 24.3 Å². The van der Waals surface area contributed by atoms with Gasteiger partial charge in [0.2, 0.25) is 5.91 Å². The number of halogens is 3. The van der Waals surface area contributed by atoms with Gasteiger partial charge in [-0.3, -0.25) is 4.79 Å². The molecule has 7 heteroatoms. The fraction of sp³-hybridized carbons (Fsp3) is 0.429. The van der Waals surface area contributed by atoms with Crippen LogP contribution in [0.2, 0.25) is 0 Å². The van der Waals surface area contributed by atoms with Crippen LogP contribution in [-0.4, -0.2) is 34.5 Å². The van der Waals surface area contributed by atoms with Crippen LogP contribution < -0.4 is 0 Å². The van der Waals surface area contributed by atoms with E-state index in [1.54, 1.807) is 0 Å². The van der Waals surface area contributed by atoms with E-state index in [0.717, 1.165) is 11.0 Å². The van der Waals surface area contributed by atoms with Gasteiger partial charge in [-0.1, -0.05) is 18.2 Å². The Morgan fingerprint density at radius 3 is 2.57 bits per heavy atom. The first-order chi connectivity index (χ1) is 9.80. The lowest BCUT2D eigenvalue weighted by Gasteiger charge is -2.22. The van der Waals surface area contributed by atoms with E-state index >= 15 is 0 Å². The lowest BCUT2D eigenvalue weighted by atomic mass is 10.0. The zero-order chi connectivity index (χ0) is 15.6. The third kappa shape index (κ3) is 3.34. The molecule has 0 spiro atoms. The van der Waals surface area contributed by atoms with Gasteiger partial charge in [0.05, 0.1) is 12.0 Å². The minimum absolute atomic E-state index is 0.133. The van der Waals surface area contributed by atoms with E-state index in [0.29, 0.717) is 12.8 Å². The van der Waals surface area contributed by atoms with Crippen molar-refractivity contribution in [3.05, 3.63) is 35.4 Å². The Balaban J connectivity index is 2.19. The average molecular weight is 301 g/mol. The zero-order valence-corrected chi connectivity index (χ0v) is 11.1. The summed E-state index contributed by atoms with van der Waals surface area (Å²) in [5.41, 5.74) is -0.990. The highest BCUT2D eigenvalue weighted by molar-refractivity contribution is 5.85. The van der Waals surface area contributed by atoms with Gasteiger partial charge >= 0.3 is 12.1 Å². The predicted octanol–water partition coefficient (Wildman–Crippen LogP) is 2.32. The van der Waals surface area contributed by atoms with Gasteiger partial charge in [0.15, 0.2) is 0 Å². The molecule has 114 valence electrons. The van der Waals surface area contributed by atoms with E-state index in [1.807, 2.05) is 0 Å². The van der Waals surface area contributed by atoms with E-state index in [4.69, 9.17) is 5.11 Å². The first kappa shape index (κ1) is 15.3. The van der Waals surface area contributed by atoms with Crippen molar-refractivity contribution in [1.82, 2.24) is 4.90 Å². The van der Waals surface area contributed by atoms with Gasteiger partial charge in [-0.15, -0.1) is 0 Å². The lowest BCUT2D eigenvalue weighted by Crippen LogP contribution is -2.41. The molecule has 1 N–H and O–H groups in total.